The molecule has 2 aromatic rings. The Morgan fingerprint density at radius 3 is 2.40 bits per heavy atom. The molecule has 1 fully saturated rings. The zero-order valence-corrected chi connectivity index (χ0v) is 21.9. The molecule has 0 radical (unpaired) electrons. The second kappa shape index (κ2) is 12.0. The molecule has 2 N–H and O–H groups in total. The lowest BCUT2D eigenvalue weighted by atomic mass is 10.1. The highest BCUT2D eigenvalue weighted by Gasteiger charge is 2.36. The first kappa shape index (κ1) is 27.1. The Bertz CT molecular complexity index is 1120. The average Bonchev–Trinajstić information content (AvgIpc) is 3.01. The molecule has 1 aliphatic rings. The number of hydrogen-bond donors (Lipinski definition) is 2. The molecule has 2 amide bonds. The van der Waals surface area contributed by atoms with Crippen molar-refractivity contribution in [3.63, 3.8) is 0 Å². The van der Waals surface area contributed by atoms with Crippen LogP contribution in [0.15, 0.2) is 53.4 Å². The molecule has 1 unspecified atom stereocenters. The normalized spacial score (nSPS) is 17.7. The van der Waals surface area contributed by atoms with Gasteiger partial charge in [-0.15, -0.1) is 0 Å². The van der Waals surface area contributed by atoms with Crippen LogP contribution in [0.2, 0.25) is 5.02 Å². The summed E-state index contributed by atoms with van der Waals surface area (Å²) in [4.78, 5) is 27.4. The van der Waals surface area contributed by atoms with Gasteiger partial charge in [0, 0.05) is 36.3 Å². The predicted molar refractivity (Wildman–Crippen MR) is 137 cm³/mol. The van der Waals surface area contributed by atoms with Gasteiger partial charge >= 0.3 is 0 Å². The first-order chi connectivity index (χ1) is 16.6. The van der Waals surface area contributed by atoms with E-state index in [-0.39, 0.29) is 29.3 Å². The lowest BCUT2D eigenvalue weighted by Crippen LogP contribution is -2.48. The topological polar surface area (TPSA) is 98.8 Å². The number of likely N-dealkylation sites (N-methyl/N-ethyl adjacent to an activating group) is 1. The summed E-state index contributed by atoms with van der Waals surface area (Å²) in [5.41, 5.74) is 1.16. The Labute approximate surface area is 212 Å². The molecule has 1 aliphatic heterocycles. The lowest BCUT2D eigenvalue weighted by Gasteiger charge is -2.29. The van der Waals surface area contributed by atoms with Gasteiger partial charge in [0.15, 0.2) is 0 Å². The molecule has 0 spiro atoms. The molecular formula is C25H33ClN4O4S. The maximum absolute atomic E-state index is 13.6. The number of rotatable bonds is 9. The van der Waals surface area contributed by atoms with Crippen molar-refractivity contribution in [2.24, 2.45) is 0 Å². The molecule has 0 aromatic heterocycles. The second-order valence-corrected chi connectivity index (χ2v) is 11.5. The Morgan fingerprint density at radius 1 is 1.11 bits per heavy atom. The molecule has 35 heavy (non-hydrogen) atoms. The van der Waals surface area contributed by atoms with Crippen molar-refractivity contribution in [2.45, 2.75) is 49.7 Å². The molecule has 0 aliphatic carbocycles. The SMILES string of the molecule is CC(CN(C)C)NC(=O)c1ccc(CN([C@@H]2CCCCNC2=O)S(=O)(=O)c2ccc(Cl)cc2)cc1. The molecule has 2 aromatic carbocycles. The molecule has 190 valence electrons. The minimum absolute atomic E-state index is 0.00196. The van der Waals surface area contributed by atoms with Gasteiger partial charge in [0.2, 0.25) is 15.9 Å². The zero-order chi connectivity index (χ0) is 25.6. The van der Waals surface area contributed by atoms with Crippen LogP contribution < -0.4 is 10.6 Å². The highest BCUT2D eigenvalue weighted by atomic mass is 35.5. The third kappa shape index (κ3) is 7.27. The number of carbonyl (C=O) groups excluding carboxylic acids is 2. The van der Waals surface area contributed by atoms with Gasteiger partial charge in [-0.1, -0.05) is 23.7 Å². The number of hydrogen-bond acceptors (Lipinski definition) is 5. The fraction of sp³-hybridized carbons (Fsp3) is 0.440. The van der Waals surface area contributed by atoms with Gasteiger partial charge in [-0.2, -0.15) is 4.31 Å². The number of nitrogens with one attached hydrogen (secondary N) is 2. The van der Waals surface area contributed by atoms with Gasteiger partial charge in [-0.3, -0.25) is 9.59 Å². The standard InChI is InChI=1S/C25H33ClN4O4S/c1-18(16-29(2)3)28-24(31)20-9-7-19(8-10-20)17-30(23-6-4-5-15-27-25(23)32)35(33,34)22-13-11-21(26)12-14-22/h7-14,18,23H,4-6,15-17H2,1-3H3,(H,27,32)(H,28,31)/t18?,23-/m1/s1. The second-order valence-electron chi connectivity index (χ2n) is 9.14. The van der Waals surface area contributed by atoms with Gasteiger partial charge in [0.1, 0.15) is 6.04 Å². The monoisotopic (exact) mass is 520 g/mol. The van der Waals surface area contributed by atoms with E-state index in [4.69, 9.17) is 11.6 Å². The highest BCUT2D eigenvalue weighted by molar-refractivity contribution is 7.89. The Hall–Kier alpha value is -2.46. The van der Waals surface area contributed by atoms with Crippen LogP contribution >= 0.6 is 11.6 Å². The summed E-state index contributed by atoms with van der Waals surface area (Å²) in [7, 11) is -0.108. The molecule has 8 nitrogen and oxygen atoms in total. The van der Waals surface area contributed by atoms with Crippen LogP contribution in [0, 0.1) is 0 Å². The summed E-state index contributed by atoms with van der Waals surface area (Å²) in [6.45, 7) is 3.18. The highest BCUT2D eigenvalue weighted by Crippen LogP contribution is 2.26. The predicted octanol–water partition coefficient (Wildman–Crippen LogP) is 2.88. The number of benzene rings is 2. The van der Waals surface area contributed by atoms with Gasteiger partial charge in [-0.25, -0.2) is 8.42 Å². The summed E-state index contributed by atoms with van der Waals surface area (Å²) in [6, 6.07) is 11.9. The van der Waals surface area contributed by atoms with E-state index in [0.29, 0.717) is 35.7 Å². The van der Waals surface area contributed by atoms with E-state index in [0.717, 1.165) is 12.8 Å². The van der Waals surface area contributed by atoms with Crippen LogP contribution in [-0.4, -0.2) is 68.7 Å². The van der Waals surface area contributed by atoms with Crippen molar-refractivity contribution in [1.82, 2.24) is 19.8 Å². The largest absolute Gasteiger partial charge is 0.355 e. The van der Waals surface area contributed by atoms with Crippen molar-refractivity contribution in [3.8, 4) is 0 Å². The van der Waals surface area contributed by atoms with Crippen molar-refractivity contribution >= 4 is 33.4 Å². The quantitative estimate of drug-likeness (QED) is 0.529. The minimum atomic E-state index is -3.99. The summed E-state index contributed by atoms with van der Waals surface area (Å²) in [6.07, 6.45) is 1.97. The third-order valence-electron chi connectivity index (χ3n) is 5.85. The van der Waals surface area contributed by atoms with E-state index in [2.05, 4.69) is 10.6 Å². The first-order valence-corrected chi connectivity index (χ1v) is 13.5. The molecule has 3 rings (SSSR count). The fourth-order valence-corrected chi connectivity index (χ4v) is 5.88. The summed E-state index contributed by atoms with van der Waals surface area (Å²) < 4.78 is 28.5. The smallest absolute Gasteiger partial charge is 0.251 e. The minimum Gasteiger partial charge on any atom is -0.355 e. The van der Waals surface area contributed by atoms with Crippen LogP contribution in [0.4, 0.5) is 0 Å². The van der Waals surface area contributed by atoms with Crippen LogP contribution in [-0.2, 0) is 21.4 Å². The molecule has 10 heteroatoms. The van der Waals surface area contributed by atoms with Crippen LogP contribution in [0.25, 0.3) is 0 Å². The number of carbonyl (C=O) groups is 2. The molecular weight excluding hydrogens is 488 g/mol. The van der Waals surface area contributed by atoms with Crippen LogP contribution in [0.1, 0.15) is 42.1 Å². The fourth-order valence-electron chi connectivity index (χ4n) is 4.14. The van der Waals surface area contributed by atoms with Crippen molar-refractivity contribution in [1.29, 1.82) is 0 Å². The number of halogens is 1. The molecule has 1 heterocycles. The number of nitrogens with zero attached hydrogens (tertiary/aromatic N) is 2. The Kier molecular flexibility index (Phi) is 9.29. The summed E-state index contributed by atoms with van der Waals surface area (Å²) in [5, 5.41) is 6.21. The molecule has 0 saturated carbocycles. The number of sulfonamides is 1. The van der Waals surface area contributed by atoms with Crippen molar-refractivity contribution in [3.05, 3.63) is 64.7 Å². The summed E-state index contributed by atoms with van der Waals surface area (Å²) in [5.74, 6) is -0.495. The molecule has 2 atom stereocenters. The van der Waals surface area contributed by atoms with E-state index in [1.165, 1.54) is 28.6 Å². The Morgan fingerprint density at radius 2 is 1.77 bits per heavy atom. The van der Waals surface area contributed by atoms with Crippen LogP contribution in [0.3, 0.4) is 0 Å². The number of amides is 2. The van der Waals surface area contributed by atoms with Gasteiger partial charge in [-0.05, 0) is 82.2 Å². The van der Waals surface area contributed by atoms with E-state index in [1.807, 2.05) is 25.9 Å². The van der Waals surface area contributed by atoms with E-state index in [1.54, 1.807) is 24.3 Å². The van der Waals surface area contributed by atoms with Crippen molar-refractivity contribution in [2.75, 3.05) is 27.2 Å². The molecule has 1 saturated heterocycles. The maximum Gasteiger partial charge on any atom is 0.251 e. The lowest BCUT2D eigenvalue weighted by molar-refractivity contribution is -0.124. The molecule has 0 bridgehead atoms. The average molecular weight is 521 g/mol. The zero-order valence-electron chi connectivity index (χ0n) is 20.3. The third-order valence-corrected chi connectivity index (χ3v) is 7.97. The first-order valence-electron chi connectivity index (χ1n) is 11.7. The summed E-state index contributed by atoms with van der Waals surface area (Å²) >= 11 is 5.95. The van der Waals surface area contributed by atoms with E-state index in [9.17, 15) is 18.0 Å². The van der Waals surface area contributed by atoms with E-state index >= 15 is 0 Å². The van der Waals surface area contributed by atoms with Gasteiger partial charge in [0.05, 0.1) is 4.90 Å². The van der Waals surface area contributed by atoms with Gasteiger partial charge < -0.3 is 15.5 Å². The van der Waals surface area contributed by atoms with Crippen molar-refractivity contribution < 1.29 is 18.0 Å². The van der Waals surface area contributed by atoms with E-state index < -0.39 is 16.1 Å². The van der Waals surface area contributed by atoms with Gasteiger partial charge in [0.25, 0.3) is 5.91 Å². The maximum atomic E-state index is 13.6. The Balaban J connectivity index is 1.85. The van der Waals surface area contributed by atoms with Crippen LogP contribution in [0.5, 0.6) is 0 Å².